The minimum Gasteiger partial charge on any atom is -0.492 e. The second-order valence-electron chi connectivity index (χ2n) is 6.13. The van der Waals surface area contributed by atoms with Gasteiger partial charge in [0.05, 0.1) is 18.8 Å². The van der Waals surface area contributed by atoms with Gasteiger partial charge in [0.25, 0.3) is 0 Å². The van der Waals surface area contributed by atoms with Crippen molar-refractivity contribution in [3.05, 3.63) is 29.8 Å². The standard InChI is InChI=1S/C16H24N2O2/c1-13(17)9-14-3-2-4-15(10-14)20-8-7-18-6-5-16(18)11-19-12-16/h2-4,10,13H,5-9,11-12,17H2,1H3. The summed E-state index contributed by atoms with van der Waals surface area (Å²) < 4.78 is 11.2. The zero-order valence-corrected chi connectivity index (χ0v) is 12.2. The topological polar surface area (TPSA) is 47.7 Å². The van der Waals surface area contributed by atoms with Gasteiger partial charge in [0.2, 0.25) is 0 Å². The lowest BCUT2D eigenvalue weighted by molar-refractivity contribution is -0.193. The third-order valence-corrected chi connectivity index (χ3v) is 4.35. The average molecular weight is 276 g/mol. The van der Waals surface area contributed by atoms with Crippen molar-refractivity contribution in [1.82, 2.24) is 4.90 Å². The average Bonchev–Trinajstić information content (AvgIpc) is 2.31. The number of hydrogen-bond donors (Lipinski definition) is 1. The molecular weight excluding hydrogens is 252 g/mol. The van der Waals surface area contributed by atoms with Gasteiger partial charge in [-0.25, -0.2) is 0 Å². The van der Waals surface area contributed by atoms with E-state index in [0.29, 0.717) is 5.54 Å². The van der Waals surface area contributed by atoms with Crippen LogP contribution in [0.1, 0.15) is 18.9 Å². The van der Waals surface area contributed by atoms with Crippen LogP contribution < -0.4 is 10.5 Å². The Balaban J connectivity index is 1.46. The van der Waals surface area contributed by atoms with Crippen molar-refractivity contribution in [1.29, 1.82) is 0 Å². The van der Waals surface area contributed by atoms with E-state index in [1.165, 1.54) is 18.5 Å². The summed E-state index contributed by atoms with van der Waals surface area (Å²) in [5.41, 5.74) is 7.43. The van der Waals surface area contributed by atoms with Gasteiger partial charge in [-0.05, 0) is 37.5 Å². The predicted molar refractivity (Wildman–Crippen MR) is 79.0 cm³/mol. The summed E-state index contributed by atoms with van der Waals surface area (Å²) in [5.74, 6) is 0.947. The van der Waals surface area contributed by atoms with E-state index >= 15 is 0 Å². The Labute approximate surface area is 120 Å². The SMILES string of the molecule is CC(N)Cc1cccc(OCCN2CCC23COC3)c1. The molecule has 4 nitrogen and oxygen atoms in total. The molecule has 1 aromatic rings. The first-order valence-corrected chi connectivity index (χ1v) is 7.48. The molecule has 2 aliphatic heterocycles. The van der Waals surface area contributed by atoms with E-state index in [1.807, 2.05) is 19.1 Å². The number of hydrogen-bond acceptors (Lipinski definition) is 4. The molecule has 2 aliphatic rings. The number of nitrogens with zero attached hydrogens (tertiary/aromatic N) is 1. The molecule has 1 aromatic carbocycles. The van der Waals surface area contributed by atoms with Crippen LogP contribution in [0.4, 0.5) is 0 Å². The molecule has 2 saturated heterocycles. The lowest BCUT2D eigenvalue weighted by Gasteiger charge is -2.57. The van der Waals surface area contributed by atoms with Crippen molar-refractivity contribution in [2.45, 2.75) is 31.3 Å². The lowest BCUT2D eigenvalue weighted by Crippen LogP contribution is -2.71. The van der Waals surface area contributed by atoms with Gasteiger partial charge in [-0.15, -0.1) is 0 Å². The number of likely N-dealkylation sites (tertiary alicyclic amines) is 1. The van der Waals surface area contributed by atoms with E-state index in [0.717, 1.165) is 38.5 Å². The summed E-state index contributed by atoms with van der Waals surface area (Å²) in [5, 5.41) is 0. The molecule has 0 radical (unpaired) electrons. The summed E-state index contributed by atoms with van der Waals surface area (Å²) in [6.07, 6.45) is 2.17. The van der Waals surface area contributed by atoms with Gasteiger partial charge in [-0.1, -0.05) is 12.1 Å². The molecule has 0 aliphatic carbocycles. The van der Waals surface area contributed by atoms with Crippen LogP contribution in [0.15, 0.2) is 24.3 Å². The van der Waals surface area contributed by atoms with Crippen LogP contribution in [0, 0.1) is 0 Å². The molecular formula is C16H24N2O2. The highest BCUT2D eigenvalue weighted by molar-refractivity contribution is 5.29. The molecule has 1 spiro atoms. The summed E-state index contributed by atoms with van der Waals surface area (Å²) >= 11 is 0. The van der Waals surface area contributed by atoms with Gasteiger partial charge in [0.1, 0.15) is 12.4 Å². The van der Waals surface area contributed by atoms with Gasteiger partial charge in [0, 0.05) is 19.1 Å². The smallest absolute Gasteiger partial charge is 0.119 e. The van der Waals surface area contributed by atoms with Crippen molar-refractivity contribution >= 4 is 0 Å². The lowest BCUT2D eigenvalue weighted by atomic mass is 9.83. The van der Waals surface area contributed by atoms with Crippen LogP contribution in [0.3, 0.4) is 0 Å². The third-order valence-electron chi connectivity index (χ3n) is 4.35. The molecule has 0 bridgehead atoms. The molecule has 2 heterocycles. The second kappa shape index (κ2) is 5.72. The van der Waals surface area contributed by atoms with Crippen LogP contribution in [-0.4, -0.2) is 49.4 Å². The first-order valence-electron chi connectivity index (χ1n) is 7.48. The largest absolute Gasteiger partial charge is 0.492 e. The second-order valence-corrected chi connectivity index (χ2v) is 6.13. The fraction of sp³-hybridized carbons (Fsp3) is 0.625. The van der Waals surface area contributed by atoms with Crippen molar-refractivity contribution in [2.24, 2.45) is 5.73 Å². The molecule has 2 N–H and O–H groups in total. The van der Waals surface area contributed by atoms with Gasteiger partial charge < -0.3 is 15.2 Å². The van der Waals surface area contributed by atoms with Crippen LogP contribution in [0.25, 0.3) is 0 Å². The number of benzene rings is 1. The molecule has 0 amide bonds. The van der Waals surface area contributed by atoms with Gasteiger partial charge >= 0.3 is 0 Å². The molecule has 0 saturated carbocycles. The summed E-state index contributed by atoms with van der Waals surface area (Å²) in [6.45, 7) is 6.73. The molecule has 2 fully saturated rings. The maximum absolute atomic E-state index is 5.87. The zero-order valence-electron chi connectivity index (χ0n) is 12.2. The predicted octanol–water partition coefficient (Wildman–Crippen LogP) is 1.43. The monoisotopic (exact) mass is 276 g/mol. The van der Waals surface area contributed by atoms with Crippen molar-refractivity contribution < 1.29 is 9.47 Å². The van der Waals surface area contributed by atoms with Crippen molar-refractivity contribution in [3.8, 4) is 5.75 Å². The zero-order chi connectivity index (χ0) is 14.0. The molecule has 4 heteroatoms. The highest BCUT2D eigenvalue weighted by Gasteiger charge is 2.50. The van der Waals surface area contributed by atoms with Crippen LogP contribution >= 0.6 is 0 Å². The first kappa shape index (κ1) is 13.9. The minimum atomic E-state index is 0.185. The fourth-order valence-corrected chi connectivity index (χ4v) is 3.01. The van der Waals surface area contributed by atoms with E-state index in [1.54, 1.807) is 0 Å². The van der Waals surface area contributed by atoms with Crippen LogP contribution in [-0.2, 0) is 11.2 Å². The highest BCUT2D eigenvalue weighted by Crippen LogP contribution is 2.36. The minimum absolute atomic E-state index is 0.185. The Kier molecular flexibility index (Phi) is 3.96. The first-order chi connectivity index (χ1) is 9.68. The Morgan fingerprint density at radius 1 is 1.45 bits per heavy atom. The Morgan fingerprint density at radius 3 is 2.90 bits per heavy atom. The normalized spacial score (nSPS) is 22.1. The van der Waals surface area contributed by atoms with Crippen LogP contribution in [0.5, 0.6) is 5.75 Å². The molecule has 3 rings (SSSR count). The third kappa shape index (κ3) is 2.82. The summed E-state index contributed by atoms with van der Waals surface area (Å²) in [4.78, 5) is 2.49. The van der Waals surface area contributed by atoms with E-state index in [-0.39, 0.29) is 6.04 Å². The van der Waals surface area contributed by atoms with Gasteiger partial charge in [-0.2, -0.15) is 0 Å². The summed E-state index contributed by atoms with van der Waals surface area (Å²) in [7, 11) is 0. The maximum atomic E-state index is 5.87. The maximum Gasteiger partial charge on any atom is 0.119 e. The van der Waals surface area contributed by atoms with Gasteiger partial charge in [0.15, 0.2) is 0 Å². The van der Waals surface area contributed by atoms with Crippen molar-refractivity contribution in [3.63, 3.8) is 0 Å². The quantitative estimate of drug-likeness (QED) is 0.854. The number of ether oxygens (including phenoxy) is 2. The molecule has 1 unspecified atom stereocenters. The molecule has 1 atom stereocenters. The Morgan fingerprint density at radius 2 is 2.30 bits per heavy atom. The number of rotatable bonds is 6. The molecule has 110 valence electrons. The Hall–Kier alpha value is -1.10. The Bertz CT molecular complexity index is 452. The summed E-state index contributed by atoms with van der Waals surface area (Å²) in [6, 6.07) is 8.44. The molecule has 20 heavy (non-hydrogen) atoms. The molecule has 0 aromatic heterocycles. The highest BCUT2D eigenvalue weighted by atomic mass is 16.5. The number of nitrogens with two attached hydrogens (primary N) is 1. The fourth-order valence-electron chi connectivity index (χ4n) is 3.01. The van der Waals surface area contributed by atoms with E-state index in [2.05, 4.69) is 17.0 Å². The van der Waals surface area contributed by atoms with E-state index in [9.17, 15) is 0 Å². The van der Waals surface area contributed by atoms with E-state index < -0.39 is 0 Å². The van der Waals surface area contributed by atoms with Crippen LogP contribution in [0.2, 0.25) is 0 Å². The van der Waals surface area contributed by atoms with E-state index in [4.69, 9.17) is 15.2 Å². The van der Waals surface area contributed by atoms with Crippen molar-refractivity contribution in [2.75, 3.05) is 32.9 Å². The van der Waals surface area contributed by atoms with Gasteiger partial charge in [-0.3, -0.25) is 4.90 Å².